The summed E-state index contributed by atoms with van der Waals surface area (Å²) in [5, 5.41) is 7.89. The Bertz CT molecular complexity index is 129. The predicted molar refractivity (Wildman–Crippen MR) is 29.2 cm³/mol. The van der Waals surface area contributed by atoms with Gasteiger partial charge in [0.05, 0.1) is 0 Å². The first-order valence-electron chi connectivity index (χ1n) is 2.61. The number of halogens is 2. The molecule has 0 aliphatic rings. The second-order valence-corrected chi connectivity index (χ2v) is 1.98. The maximum Gasteiger partial charge on any atom is 0.506 e. The van der Waals surface area contributed by atoms with Crippen molar-refractivity contribution in [3.8, 4) is 0 Å². The Morgan fingerprint density at radius 3 is 2.20 bits per heavy atom. The molecule has 60 valence electrons. The van der Waals surface area contributed by atoms with Gasteiger partial charge in [-0.2, -0.15) is 0 Å². The van der Waals surface area contributed by atoms with Crippen molar-refractivity contribution >= 4 is 6.16 Å². The van der Waals surface area contributed by atoms with Crippen LogP contribution in [-0.2, 0) is 4.74 Å². The Hall–Kier alpha value is -0.870. The highest BCUT2D eigenvalue weighted by Gasteiger charge is 2.33. The van der Waals surface area contributed by atoms with Crippen molar-refractivity contribution in [3.05, 3.63) is 0 Å². The molecule has 0 fully saturated rings. The van der Waals surface area contributed by atoms with Gasteiger partial charge in [0.2, 0.25) is 0 Å². The third-order valence-corrected chi connectivity index (χ3v) is 0.991. The predicted octanol–water partition coefficient (Wildman–Crippen LogP) is 1.72. The lowest BCUT2D eigenvalue weighted by Gasteiger charge is -2.17. The highest BCUT2D eigenvalue weighted by atomic mass is 19.3. The van der Waals surface area contributed by atoms with E-state index in [0.29, 0.717) is 6.92 Å². The fraction of sp³-hybridized carbons (Fsp3) is 0.800. The maximum absolute atomic E-state index is 12.1. The first-order chi connectivity index (χ1) is 4.34. The molecule has 0 saturated carbocycles. The van der Waals surface area contributed by atoms with Gasteiger partial charge in [0.25, 0.3) is 5.92 Å². The van der Waals surface area contributed by atoms with Gasteiger partial charge < -0.3 is 9.84 Å². The molecule has 5 heteroatoms. The maximum atomic E-state index is 12.1. The van der Waals surface area contributed by atoms with Crippen molar-refractivity contribution in [2.75, 3.05) is 0 Å². The van der Waals surface area contributed by atoms with Crippen LogP contribution >= 0.6 is 0 Å². The monoisotopic (exact) mass is 154 g/mol. The summed E-state index contributed by atoms with van der Waals surface area (Å²) in [6, 6.07) is 0. The molecule has 0 saturated heterocycles. The van der Waals surface area contributed by atoms with Crippen molar-refractivity contribution in [2.45, 2.75) is 25.9 Å². The number of carboxylic acid groups (broad SMARTS) is 1. The second kappa shape index (κ2) is 2.81. The standard InChI is InChI=1S/C5H8F2O3/c1-3(5(2,6)7)10-4(8)9/h3H,1-2H3,(H,8,9). The first-order valence-corrected chi connectivity index (χ1v) is 2.61. The molecule has 1 atom stereocenters. The molecule has 0 spiro atoms. The minimum Gasteiger partial charge on any atom is -0.450 e. The summed E-state index contributed by atoms with van der Waals surface area (Å²) in [5.74, 6) is -3.11. The highest BCUT2D eigenvalue weighted by molar-refractivity contribution is 5.57. The molecular weight excluding hydrogens is 146 g/mol. The quantitative estimate of drug-likeness (QED) is 0.616. The molecule has 0 radical (unpaired) electrons. The van der Waals surface area contributed by atoms with Gasteiger partial charge in [-0.05, 0) is 6.92 Å². The van der Waals surface area contributed by atoms with Crippen molar-refractivity contribution in [1.29, 1.82) is 0 Å². The van der Waals surface area contributed by atoms with Crippen LogP contribution in [0.3, 0.4) is 0 Å². The van der Waals surface area contributed by atoms with Crippen molar-refractivity contribution in [3.63, 3.8) is 0 Å². The van der Waals surface area contributed by atoms with Crippen LogP contribution in [0.15, 0.2) is 0 Å². The van der Waals surface area contributed by atoms with Crippen LogP contribution in [0.1, 0.15) is 13.8 Å². The topological polar surface area (TPSA) is 46.5 Å². The van der Waals surface area contributed by atoms with Crippen LogP contribution < -0.4 is 0 Å². The van der Waals surface area contributed by atoms with E-state index in [4.69, 9.17) is 5.11 Å². The van der Waals surface area contributed by atoms with Gasteiger partial charge in [-0.25, -0.2) is 13.6 Å². The molecular formula is C5H8F2O3. The number of hydrogen-bond donors (Lipinski definition) is 1. The fourth-order valence-corrected chi connectivity index (χ4v) is 0.255. The molecule has 0 bridgehead atoms. The largest absolute Gasteiger partial charge is 0.506 e. The van der Waals surface area contributed by atoms with Crippen molar-refractivity contribution < 1.29 is 23.4 Å². The SMILES string of the molecule is CC(OC(=O)O)C(C)(F)F. The number of carbonyl (C=O) groups is 1. The Balaban J connectivity index is 3.85. The highest BCUT2D eigenvalue weighted by Crippen LogP contribution is 2.19. The summed E-state index contributed by atoms with van der Waals surface area (Å²) < 4.78 is 28.0. The lowest BCUT2D eigenvalue weighted by atomic mass is 10.2. The zero-order valence-electron chi connectivity index (χ0n) is 5.60. The van der Waals surface area contributed by atoms with Crippen LogP contribution in [0, 0.1) is 0 Å². The number of alkyl halides is 2. The molecule has 1 unspecified atom stereocenters. The normalized spacial score (nSPS) is 14.4. The molecule has 0 aromatic heterocycles. The van der Waals surface area contributed by atoms with Crippen molar-refractivity contribution in [2.24, 2.45) is 0 Å². The lowest BCUT2D eigenvalue weighted by molar-refractivity contribution is -0.0978. The third-order valence-electron chi connectivity index (χ3n) is 0.991. The molecule has 0 aliphatic carbocycles. The van der Waals surface area contributed by atoms with E-state index < -0.39 is 18.2 Å². The van der Waals surface area contributed by atoms with Gasteiger partial charge in [0, 0.05) is 6.92 Å². The summed E-state index contributed by atoms with van der Waals surface area (Å²) in [6.07, 6.45) is -3.28. The van der Waals surface area contributed by atoms with E-state index in [1.807, 2.05) is 0 Å². The molecule has 3 nitrogen and oxygen atoms in total. The second-order valence-electron chi connectivity index (χ2n) is 1.98. The van der Waals surface area contributed by atoms with Crippen LogP contribution in [0.4, 0.5) is 13.6 Å². The average Bonchev–Trinajstić information content (AvgIpc) is 1.60. The van der Waals surface area contributed by atoms with E-state index in [9.17, 15) is 13.6 Å². The lowest BCUT2D eigenvalue weighted by Crippen LogP contribution is -2.31. The first kappa shape index (κ1) is 9.13. The van der Waals surface area contributed by atoms with Gasteiger partial charge >= 0.3 is 6.16 Å². The summed E-state index contributed by atoms with van der Waals surface area (Å²) in [5.41, 5.74) is 0. The van der Waals surface area contributed by atoms with E-state index in [0.717, 1.165) is 6.92 Å². The van der Waals surface area contributed by atoms with E-state index in [-0.39, 0.29) is 0 Å². The smallest absolute Gasteiger partial charge is 0.450 e. The van der Waals surface area contributed by atoms with E-state index in [1.54, 1.807) is 0 Å². The number of hydrogen-bond acceptors (Lipinski definition) is 2. The van der Waals surface area contributed by atoms with E-state index in [2.05, 4.69) is 4.74 Å². The van der Waals surface area contributed by atoms with Crippen LogP contribution in [0.2, 0.25) is 0 Å². The molecule has 0 aromatic carbocycles. The van der Waals surface area contributed by atoms with Gasteiger partial charge in [-0.1, -0.05) is 0 Å². The summed E-state index contributed by atoms with van der Waals surface area (Å²) in [7, 11) is 0. The Labute approximate surface area is 56.6 Å². The van der Waals surface area contributed by atoms with E-state index >= 15 is 0 Å². The van der Waals surface area contributed by atoms with E-state index in [1.165, 1.54) is 0 Å². The van der Waals surface area contributed by atoms with Crippen LogP contribution in [0.5, 0.6) is 0 Å². The minimum absolute atomic E-state index is 0.598. The minimum atomic E-state index is -3.11. The zero-order valence-corrected chi connectivity index (χ0v) is 5.60. The van der Waals surface area contributed by atoms with Gasteiger partial charge in [-0.15, -0.1) is 0 Å². The molecule has 0 rings (SSSR count). The molecule has 0 amide bonds. The Kier molecular flexibility index (Phi) is 2.56. The number of ether oxygens (including phenoxy) is 1. The number of rotatable bonds is 2. The summed E-state index contributed by atoms with van der Waals surface area (Å²) in [4.78, 5) is 9.70. The molecule has 0 heterocycles. The van der Waals surface area contributed by atoms with Crippen LogP contribution in [0.25, 0.3) is 0 Å². The van der Waals surface area contributed by atoms with Gasteiger partial charge in [0.15, 0.2) is 6.10 Å². The third kappa shape index (κ3) is 3.21. The Morgan fingerprint density at radius 2 is 2.10 bits per heavy atom. The fourth-order valence-electron chi connectivity index (χ4n) is 0.255. The molecule has 0 aromatic rings. The summed E-state index contributed by atoms with van der Waals surface area (Å²) in [6.45, 7) is 1.59. The van der Waals surface area contributed by atoms with Crippen molar-refractivity contribution in [1.82, 2.24) is 0 Å². The summed E-state index contributed by atoms with van der Waals surface area (Å²) >= 11 is 0. The molecule has 0 aliphatic heterocycles. The van der Waals surface area contributed by atoms with Gasteiger partial charge in [0.1, 0.15) is 0 Å². The van der Waals surface area contributed by atoms with Gasteiger partial charge in [-0.3, -0.25) is 0 Å². The van der Waals surface area contributed by atoms with Crippen LogP contribution in [-0.4, -0.2) is 23.3 Å². The average molecular weight is 154 g/mol. The zero-order chi connectivity index (χ0) is 8.36. The Morgan fingerprint density at radius 1 is 1.70 bits per heavy atom. The molecule has 1 N–H and O–H groups in total. The molecule has 10 heavy (non-hydrogen) atoms.